The van der Waals surface area contributed by atoms with Crippen LogP contribution in [0.4, 0.5) is 25.8 Å². The van der Waals surface area contributed by atoms with E-state index in [1.807, 2.05) is 26.8 Å². The summed E-state index contributed by atoms with van der Waals surface area (Å²) < 4.78 is 60.6. The molecule has 0 spiro atoms. The highest BCUT2D eigenvalue weighted by molar-refractivity contribution is 7.85. The highest BCUT2D eigenvalue weighted by atomic mass is 32.2. The molecule has 3 aromatic rings. The highest BCUT2D eigenvalue weighted by Gasteiger charge is 2.42. The van der Waals surface area contributed by atoms with Crippen LogP contribution in [0.1, 0.15) is 32.8 Å². The highest BCUT2D eigenvalue weighted by Crippen LogP contribution is 2.48. The van der Waals surface area contributed by atoms with Crippen molar-refractivity contribution >= 4 is 56.3 Å². The van der Waals surface area contributed by atoms with E-state index >= 15 is 0 Å². The van der Waals surface area contributed by atoms with E-state index in [0.29, 0.717) is 6.54 Å². The third kappa shape index (κ3) is 5.96. The van der Waals surface area contributed by atoms with Crippen molar-refractivity contribution in [2.45, 2.75) is 37.5 Å². The molecule has 0 aliphatic carbocycles. The van der Waals surface area contributed by atoms with E-state index < -0.39 is 39.0 Å². The van der Waals surface area contributed by atoms with Gasteiger partial charge >= 0.3 is 0 Å². The van der Waals surface area contributed by atoms with Crippen molar-refractivity contribution in [2.75, 3.05) is 21.2 Å². The quantitative estimate of drug-likeness (QED) is 0.136. The van der Waals surface area contributed by atoms with Gasteiger partial charge in [0.1, 0.15) is 17.2 Å². The molecule has 1 saturated heterocycles. The molecule has 232 valence electrons. The maximum absolute atomic E-state index is 13.7. The summed E-state index contributed by atoms with van der Waals surface area (Å²) in [4.78, 5) is 31.4. The molecule has 0 aromatic heterocycles. The van der Waals surface area contributed by atoms with Gasteiger partial charge < -0.3 is 4.90 Å². The standard InChI is InChI=1S/C33H29F2N3O5S2/c1-4-19-36-28-18-17-25(45(41,42)43)20-27(28)33(2,3)29(36)8-6-5-7-26-30(39)37(23-13-9-21(34)10-14-23)32(44)38(31(26)40)24-15-11-22(35)12-16-24/h5-18,20H,4,19H2,1-3H3,(H,41,42,43)/b6-5+,29-8+. The number of nitrogens with zero attached hydrogens (tertiary/aromatic N) is 3. The number of benzene rings is 3. The Labute approximate surface area is 265 Å². The molecule has 2 amide bonds. The van der Waals surface area contributed by atoms with Crippen molar-refractivity contribution in [3.05, 3.63) is 120 Å². The van der Waals surface area contributed by atoms with E-state index in [-0.39, 0.29) is 27.0 Å². The molecule has 1 N–H and O–H groups in total. The van der Waals surface area contributed by atoms with Gasteiger partial charge in [0, 0.05) is 23.3 Å². The number of carbonyl (C=O) groups is 2. The number of rotatable bonds is 7. The zero-order chi connectivity index (χ0) is 32.7. The van der Waals surface area contributed by atoms with E-state index in [4.69, 9.17) is 12.2 Å². The summed E-state index contributed by atoms with van der Waals surface area (Å²) in [5.41, 5.74) is 1.97. The molecule has 2 heterocycles. The summed E-state index contributed by atoms with van der Waals surface area (Å²) in [6.07, 6.45) is 7.16. The fraction of sp³-hybridized carbons (Fsp3) is 0.182. The molecule has 0 atom stereocenters. The van der Waals surface area contributed by atoms with E-state index in [0.717, 1.165) is 33.2 Å². The first-order chi connectivity index (χ1) is 21.3. The molecular weight excluding hydrogens is 621 g/mol. The second-order valence-electron chi connectivity index (χ2n) is 11.0. The number of carbonyl (C=O) groups excluding carboxylic acids is 2. The molecule has 5 rings (SSSR count). The predicted octanol–water partition coefficient (Wildman–Crippen LogP) is 6.45. The third-order valence-corrected chi connectivity index (χ3v) is 8.87. The molecule has 8 nitrogen and oxygen atoms in total. The van der Waals surface area contributed by atoms with Gasteiger partial charge in [-0.1, -0.05) is 32.9 Å². The maximum Gasteiger partial charge on any atom is 0.294 e. The zero-order valence-corrected chi connectivity index (χ0v) is 26.2. The van der Waals surface area contributed by atoms with Crippen LogP contribution in [0.15, 0.2) is 107 Å². The molecule has 2 aliphatic heterocycles. The Balaban J connectivity index is 1.54. The van der Waals surface area contributed by atoms with Crippen LogP contribution in [0.2, 0.25) is 0 Å². The Morgan fingerprint density at radius 3 is 1.84 bits per heavy atom. The summed E-state index contributed by atoms with van der Waals surface area (Å²) in [6.45, 7) is 6.52. The van der Waals surface area contributed by atoms with Crippen LogP contribution in [0.25, 0.3) is 0 Å². The SMILES string of the molecule is CCCN1/C(=C/C=C/C=C2C(=O)N(c3ccc(F)cc3)C(=S)N(c3ccc(F)cc3)C2=O)C(C)(C)c2cc(S(=O)(=O)O)ccc21. The van der Waals surface area contributed by atoms with Crippen molar-refractivity contribution in [3.63, 3.8) is 0 Å². The van der Waals surface area contributed by atoms with E-state index in [9.17, 15) is 31.3 Å². The smallest absolute Gasteiger partial charge is 0.294 e. The number of fused-ring (bicyclic) bond motifs is 1. The first-order valence-corrected chi connectivity index (χ1v) is 15.8. The minimum absolute atomic E-state index is 0.170. The molecule has 45 heavy (non-hydrogen) atoms. The molecular formula is C33H29F2N3O5S2. The second-order valence-corrected chi connectivity index (χ2v) is 12.8. The lowest BCUT2D eigenvalue weighted by Gasteiger charge is -2.36. The number of halogens is 2. The van der Waals surface area contributed by atoms with Crippen LogP contribution in [0.3, 0.4) is 0 Å². The number of hydrogen-bond donors (Lipinski definition) is 1. The molecule has 0 radical (unpaired) electrons. The molecule has 2 aliphatic rings. The lowest BCUT2D eigenvalue weighted by molar-refractivity contribution is -0.120. The average molecular weight is 650 g/mol. The lowest BCUT2D eigenvalue weighted by atomic mass is 9.83. The monoisotopic (exact) mass is 649 g/mol. The van der Waals surface area contributed by atoms with Gasteiger partial charge in [0.15, 0.2) is 5.11 Å². The summed E-state index contributed by atoms with van der Waals surface area (Å²) in [5, 5.41) is -0.170. The van der Waals surface area contributed by atoms with Crippen LogP contribution in [-0.2, 0) is 25.1 Å². The van der Waals surface area contributed by atoms with Crippen molar-refractivity contribution < 1.29 is 31.3 Å². The molecule has 0 unspecified atom stereocenters. The lowest BCUT2D eigenvalue weighted by Crippen LogP contribution is -2.57. The Morgan fingerprint density at radius 2 is 1.36 bits per heavy atom. The minimum Gasteiger partial charge on any atom is -0.344 e. The zero-order valence-electron chi connectivity index (χ0n) is 24.6. The number of hydrogen-bond acceptors (Lipinski definition) is 6. The van der Waals surface area contributed by atoms with Crippen molar-refractivity contribution in [1.82, 2.24) is 0 Å². The van der Waals surface area contributed by atoms with Crippen LogP contribution >= 0.6 is 12.2 Å². The van der Waals surface area contributed by atoms with Crippen molar-refractivity contribution in [1.29, 1.82) is 0 Å². The summed E-state index contributed by atoms with van der Waals surface area (Å²) in [5.74, 6) is -2.47. The first-order valence-electron chi connectivity index (χ1n) is 14.0. The molecule has 12 heteroatoms. The molecule has 3 aromatic carbocycles. The van der Waals surface area contributed by atoms with Gasteiger partial charge in [-0.25, -0.2) is 8.78 Å². The minimum atomic E-state index is -4.40. The van der Waals surface area contributed by atoms with Gasteiger partial charge in [0.2, 0.25) is 0 Å². The van der Waals surface area contributed by atoms with Gasteiger partial charge in [0.05, 0.1) is 16.3 Å². The van der Waals surface area contributed by atoms with Gasteiger partial charge in [-0.05, 0) is 103 Å². The average Bonchev–Trinajstić information content (AvgIpc) is 3.19. The Kier molecular flexibility index (Phi) is 8.58. The largest absolute Gasteiger partial charge is 0.344 e. The molecule has 1 fully saturated rings. The van der Waals surface area contributed by atoms with E-state index in [2.05, 4.69) is 4.90 Å². The van der Waals surface area contributed by atoms with Gasteiger partial charge in [-0.3, -0.25) is 23.9 Å². The Hall–Kier alpha value is -4.52. The van der Waals surface area contributed by atoms with Crippen molar-refractivity contribution in [3.8, 4) is 0 Å². The number of thiocarbonyl (C=S) groups is 1. The number of anilines is 3. The normalized spacial score (nSPS) is 17.6. The number of allylic oxidation sites excluding steroid dienone is 5. The number of amides is 2. The van der Waals surface area contributed by atoms with Crippen LogP contribution < -0.4 is 14.7 Å². The second kappa shape index (κ2) is 12.1. The predicted molar refractivity (Wildman–Crippen MR) is 173 cm³/mol. The molecule has 0 saturated carbocycles. The Bertz CT molecular complexity index is 1830. The summed E-state index contributed by atoms with van der Waals surface area (Å²) in [7, 11) is -4.40. The first kappa shape index (κ1) is 31.9. The van der Waals surface area contributed by atoms with Crippen molar-refractivity contribution in [2.24, 2.45) is 0 Å². The van der Waals surface area contributed by atoms with Crippen LogP contribution in [-0.4, -0.2) is 36.4 Å². The summed E-state index contributed by atoms with van der Waals surface area (Å²) in [6, 6.07) is 14.6. The topological polar surface area (TPSA) is 98.2 Å². The Morgan fingerprint density at radius 1 is 0.844 bits per heavy atom. The summed E-state index contributed by atoms with van der Waals surface area (Å²) >= 11 is 5.53. The van der Waals surface area contributed by atoms with Crippen LogP contribution in [0.5, 0.6) is 0 Å². The van der Waals surface area contributed by atoms with Gasteiger partial charge in [-0.2, -0.15) is 8.42 Å². The van der Waals surface area contributed by atoms with Gasteiger partial charge in [-0.15, -0.1) is 0 Å². The third-order valence-electron chi connectivity index (χ3n) is 7.66. The fourth-order valence-electron chi connectivity index (χ4n) is 5.46. The van der Waals surface area contributed by atoms with Crippen LogP contribution in [0, 0.1) is 11.6 Å². The maximum atomic E-state index is 13.7. The van der Waals surface area contributed by atoms with E-state index in [1.165, 1.54) is 72.8 Å². The van der Waals surface area contributed by atoms with E-state index in [1.54, 1.807) is 12.1 Å². The fourth-order valence-corrected chi connectivity index (χ4v) is 6.35. The molecule has 0 bridgehead atoms. The van der Waals surface area contributed by atoms with Gasteiger partial charge in [0.25, 0.3) is 21.9 Å².